The molecule has 0 aliphatic rings. The van der Waals surface area contributed by atoms with Crippen molar-refractivity contribution in [3.63, 3.8) is 0 Å². The Bertz CT molecular complexity index is 356. The molecule has 0 radical (unpaired) electrons. The molecule has 16 heavy (non-hydrogen) atoms. The Kier molecular flexibility index (Phi) is 4.50. The zero-order valence-electron chi connectivity index (χ0n) is 9.73. The average molecular weight is 224 g/mol. The van der Waals surface area contributed by atoms with Crippen LogP contribution < -0.4 is 10.2 Å². The van der Waals surface area contributed by atoms with Crippen LogP contribution in [0.1, 0.15) is 6.92 Å². The van der Waals surface area contributed by atoms with Crippen molar-refractivity contribution < 1.29 is 9.53 Å². The summed E-state index contributed by atoms with van der Waals surface area (Å²) in [4.78, 5) is 20.9. The van der Waals surface area contributed by atoms with E-state index in [0.717, 1.165) is 12.4 Å². The van der Waals surface area contributed by atoms with Gasteiger partial charge >= 0.3 is 5.97 Å². The molecule has 1 rings (SSSR count). The number of esters is 1. The lowest BCUT2D eigenvalue weighted by Crippen LogP contribution is -2.27. The first-order valence-electron chi connectivity index (χ1n) is 5.01. The first kappa shape index (κ1) is 12.2. The van der Waals surface area contributed by atoms with Crippen molar-refractivity contribution in [2.75, 3.05) is 37.5 Å². The van der Waals surface area contributed by atoms with Crippen LogP contribution >= 0.6 is 0 Å². The molecular weight excluding hydrogens is 208 g/mol. The minimum Gasteiger partial charge on any atom is -0.468 e. The Labute approximate surface area is 94.6 Å². The highest BCUT2D eigenvalue weighted by molar-refractivity contribution is 5.75. The lowest BCUT2D eigenvalue weighted by molar-refractivity contribution is -0.138. The molecule has 6 nitrogen and oxygen atoms in total. The van der Waals surface area contributed by atoms with E-state index in [1.54, 1.807) is 18.0 Å². The van der Waals surface area contributed by atoms with Gasteiger partial charge in [-0.15, -0.1) is 0 Å². The Morgan fingerprint density at radius 2 is 2.31 bits per heavy atom. The van der Waals surface area contributed by atoms with Crippen molar-refractivity contribution in [2.24, 2.45) is 0 Å². The van der Waals surface area contributed by atoms with Crippen molar-refractivity contribution in [1.82, 2.24) is 9.97 Å². The highest BCUT2D eigenvalue weighted by atomic mass is 16.5. The fourth-order valence-corrected chi connectivity index (χ4v) is 1.17. The van der Waals surface area contributed by atoms with Crippen molar-refractivity contribution in [3.8, 4) is 0 Å². The predicted octanol–water partition coefficient (Wildman–Crippen LogP) is 0.518. The van der Waals surface area contributed by atoms with E-state index in [9.17, 15) is 4.79 Å². The van der Waals surface area contributed by atoms with Gasteiger partial charge in [-0.2, -0.15) is 0 Å². The lowest BCUT2D eigenvalue weighted by Gasteiger charge is -2.16. The molecule has 0 aliphatic heterocycles. The van der Waals surface area contributed by atoms with Gasteiger partial charge in [0.15, 0.2) is 0 Å². The van der Waals surface area contributed by atoms with Crippen LogP contribution in [0.15, 0.2) is 12.4 Å². The van der Waals surface area contributed by atoms with Crippen LogP contribution in [0.25, 0.3) is 0 Å². The molecule has 6 heteroatoms. The maximum absolute atomic E-state index is 11.1. The maximum atomic E-state index is 11.1. The minimum absolute atomic E-state index is 0.166. The average Bonchev–Trinajstić information content (AvgIpc) is 2.29. The second-order valence-electron chi connectivity index (χ2n) is 3.22. The largest absolute Gasteiger partial charge is 0.468 e. The monoisotopic (exact) mass is 224 g/mol. The molecule has 0 saturated heterocycles. The Morgan fingerprint density at radius 3 is 2.94 bits per heavy atom. The van der Waals surface area contributed by atoms with Crippen LogP contribution in [0.5, 0.6) is 0 Å². The van der Waals surface area contributed by atoms with Crippen molar-refractivity contribution in [3.05, 3.63) is 12.4 Å². The summed E-state index contributed by atoms with van der Waals surface area (Å²) in [5.74, 6) is 1.12. The number of nitrogens with one attached hydrogen (secondary N) is 1. The molecule has 0 bridgehead atoms. The highest BCUT2D eigenvalue weighted by Gasteiger charge is 2.08. The molecule has 1 aromatic heterocycles. The van der Waals surface area contributed by atoms with E-state index in [-0.39, 0.29) is 12.5 Å². The molecule has 1 N–H and O–H groups in total. The Balaban J connectivity index is 2.71. The molecule has 88 valence electrons. The summed E-state index contributed by atoms with van der Waals surface area (Å²) < 4.78 is 4.58. The number of nitrogens with zero attached hydrogens (tertiary/aromatic N) is 3. The van der Waals surface area contributed by atoms with Gasteiger partial charge in [-0.3, -0.25) is 4.79 Å². The second kappa shape index (κ2) is 5.89. The van der Waals surface area contributed by atoms with E-state index >= 15 is 0 Å². The fourth-order valence-electron chi connectivity index (χ4n) is 1.17. The molecule has 0 spiro atoms. The molecular formula is C10H16N4O2. The van der Waals surface area contributed by atoms with Gasteiger partial charge in [0, 0.05) is 19.7 Å². The summed E-state index contributed by atoms with van der Waals surface area (Å²) >= 11 is 0. The number of methoxy groups -OCH3 is 1. The fraction of sp³-hybridized carbons (Fsp3) is 0.500. The number of carbonyl (C=O) groups is 1. The first-order chi connectivity index (χ1) is 7.67. The Morgan fingerprint density at radius 1 is 1.56 bits per heavy atom. The third-order valence-corrected chi connectivity index (χ3v) is 2.00. The quantitative estimate of drug-likeness (QED) is 0.735. The molecule has 0 saturated carbocycles. The van der Waals surface area contributed by atoms with Crippen molar-refractivity contribution >= 4 is 17.6 Å². The van der Waals surface area contributed by atoms with Gasteiger partial charge in [0.2, 0.25) is 0 Å². The molecule has 1 heterocycles. The van der Waals surface area contributed by atoms with Crippen molar-refractivity contribution in [1.29, 1.82) is 0 Å². The van der Waals surface area contributed by atoms with Crippen LogP contribution in [0.4, 0.5) is 11.6 Å². The minimum atomic E-state index is -0.300. The number of hydrogen-bond donors (Lipinski definition) is 1. The number of aromatic nitrogens is 2. The normalized spacial score (nSPS) is 9.69. The van der Waals surface area contributed by atoms with Gasteiger partial charge in [0.25, 0.3) is 0 Å². The van der Waals surface area contributed by atoms with Crippen LogP contribution in [-0.2, 0) is 9.53 Å². The molecule has 0 aliphatic carbocycles. The Hall–Kier alpha value is -1.85. The van der Waals surface area contributed by atoms with Gasteiger partial charge < -0.3 is 15.0 Å². The number of anilines is 2. The third-order valence-electron chi connectivity index (χ3n) is 2.00. The predicted molar refractivity (Wildman–Crippen MR) is 61.5 cm³/mol. The van der Waals surface area contributed by atoms with Gasteiger partial charge in [-0.05, 0) is 6.92 Å². The maximum Gasteiger partial charge on any atom is 0.325 e. The third kappa shape index (κ3) is 3.38. The molecule has 0 unspecified atom stereocenters. The number of rotatable bonds is 5. The van der Waals surface area contributed by atoms with Gasteiger partial charge in [0.1, 0.15) is 24.5 Å². The summed E-state index contributed by atoms with van der Waals surface area (Å²) in [6, 6.07) is 1.78. The smallest absolute Gasteiger partial charge is 0.325 e. The van der Waals surface area contributed by atoms with E-state index in [0.29, 0.717) is 5.82 Å². The van der Waals surface area contributed by atoms with Crippen molar-refractivity contribution in [2.45, 2.75) is 6.92 Å². The summed E-state index contributed by atoms with van der Waals surface area (Å²) in [5, 5.41) is 3.08. The second-order valence-corrected chi connectivity index (χ2v) is 3.22. The van der Waals surface area contributed by atoms with Gasteiger partial charge in [-0.25, -0.2) is 9.97 Å². The lowest BCUT2D eigenvalue weighted by atomic mass is 10.4. The molecule has 0 atom stereocenters. The first-order valence-corrected chi connectivity index (χ1v) is 5.01. The number of likely N-dealkylation sites (N-methyl/N-ethyl adjacent to an activating group) is 1. The highest BCUT2D eigenvalue weighted by Crippen LogP contribution is 2.11. The zero-order chi connectivity index (χ0) is 12.0. The van der Waals surface area contributed by atoms with E-state index in [1.807, 2.05) is 6.92 Å². The molecule has 0 fully saturated rings. The summed E-state index contributed by atoms with van der Waals surface area (Å²) in [5.41, 5.74) is 0. The topological polar surface area (TPSA) is 67.4 Å². The van der Waals surface area contributed by atoms with E-state index in [1.165, 1.54) is 13.4 Å². The van der Waals surface area contributed by atoms with Crippen LogP contribution in [0, 0.1) is 0 Å². The zero-order valence-corrected chi connectivity index (χ0v) is 9.73. The summed E-state index contributed by atoms with van der Waals surface area (Å²) in [6.07, 6.45) is 1.46. The number of ether oxygens (including phenoxy) is 1. The number of carbonyl (C=O) groups excluding carboxylic acids is 1. The van der Waals surface area contributed by atoms with E-state index in [4.69, 9.17) is 0 Å². The number of hydrogen-bond acceptors (Lipinski definition) is 6. The summed E-state index contributed by atoms with van der Waals surface area (Å²) in [6.45, 7) is 2.94. The van der Waals surface area contributed by atoms with Crippen LogP contribution in [-0.4, -0.2) is 43.2 Å². The molecule has 0 aromatic carbocycles. The molecule has 0 amide bonds. The van der Waals surface area contributed by atoms with Crippen LogP contribution in [0.3, 0.4) is 0 Å². The van der Waals surface area contributed by atoms with Gasteiger partial charge in [0.05, 0.1) is 7.11 Å². The standard InChI is InChI=1S/C10H16N4O2/c1-4-11-8-5-9(13-7-12-8)14(2)6-10(15)16-3/h5,7H,4,6H2,1-3H3,(H,11,12,13). The SMILES string of the molecule is CCNc1cc(N(C)CC(=O)OC)ncn1. The molecule has 1 aromatic rings. The van der Waals surface area contributed by atoms with E-state index in [2.05, 4.69) is 20.0 Å². The summed E-state index contributed by atoms with van der Waals surface area (Å²) in [7, 11) is 3.13. The van der Waals surface area contributed by atoms with Gasteiger partial charge in [-0.1, -0.05) is 0 Å². The van der Waals surface area contributed by atoms with Crippen LogP contribution in [0.2, 0.25) is 0 Å². The van der Waals surface area contributed by atoms with E-state index < -0.39 is 0 Å².